The van der Waals surface area contributed by atoms with Crippen LogP contribution in [0, 0.1) is 6.92 Å². The number of carbonyl (C=O) groups is 1. The lowest BCUT2D eigenvalue weighted by Gasteiger charge is -2.03. The molecule has 3 N–H and O–H groups in total. The van der Waals surface area contributed by atoms with E-state index in [1.54, 1.807) is 6.07 Å². The van der Waals surface area contributed by atoms with Crippen LogP contribution in [0.1, 0.15) is 16.1 Å². The van der Waals surface area contributed by atoms with Crippen molar-refractivity contribution in [1.29, 1.82) is 0 Å². The number of aromatic nitrogens is 3. The number of benzene rings is 1. The van der Waals surface area contributed by atoms with Crippen molar-refractivity contribution in [2.75, 3.05) is 5.73 Å². The van der Waals surface area contributed by atoms with Gasteiger partial charge < -0.3 is 10.7 Å². The lowest BCUT2D eigenvalue weighted by atomic mass is 10.1. The van der Waals surface area contributed by atoms with Gasteiger partial charge in [0.1, 0.15) is 5.82 Å². The number of nitrogens with zero attached hydrogens (tertiary/aromatic N) is 2. The highest BCUT2D eigenvalue weighted by molar-refractivity contribution is 5.85. The number of rotatable bonds is 2. The Morgan fingerprint density at radius 3 is 2.95 bits per heavy atom. The second-order valence-electron chi connectivity index (χ2n) is 4.59. The molecule has 5 nitrogen and oxygen atoms in total. The van der Waals surface area contributed by atoms with Crippen LogP contribution < -0.4 is 5.73 Å². The van der Waals surface area contributed by atoms with E-state index in [4.69, 9.17) is 5.73 Å². The summed E-state index contributed by atoms with van der Waals surface area (Å²) in [5, 5.41) is 5.19. The summed E-state index contributed by atoms with van der Waals surface area (Å²) in [6.45, 7) is 1.81. The molecule has 0 radical (unpaired) electrons. The third-order valence-corrected chi connectivity index (χ3v) is 3.07. The lowest BCUT2D eigenvalue weighted by Crippen LogP contribution is -2.17. The molecule has 0 unspecified atom stereocenters. The highest BCUT2D eigenvalue weighted by Gasteiger charge is 2.11. The first-order valence-corrected chi connectivity index (χ1v) is 6.05. The Morgan fingerprint density at radius 2 is 2.21 bits per heavy atom. The molecule has 0 aliphatic rings. The van der Waals surface area contributed by atoms with Crippen LogP contribution in [-0.2, 0) is 6.42 Å². The Morgan fingerprint density at radius 1 is 1.37 bits per heavy atom. The summed E-state index contributed by atoms with van der Waals surface area (Å²) in [4.78, 5) is 15.3. The van der Waals surface area contributed by atoms with Gasteiger partial charge in [0.25, 0.3) is 5.91 Å². The summed E-state index contributed by atoms with van der Waals surface area (Å²) in [7, 11) is 0. The van der Waals surface area contributed by atoms with Crippen molar-refractivity contribution in [2.24, 2.45) is 0 Å². The summed E-state index contributed by atoms with van der Waals surface area (Å²) in [6, 6.07) is 9.57. The molecule has 0 aliphatic heterocycles. The van der Waals surface area contributed by atoms with E-state index in [1.807, 2.05) is 37.4 Å². The lowest BCUT2D eigenvalue weighted by molar-refractivity contribution is 0.0901. The van der Waals surface area contributed by atoms with E-state index in [-0.39, 0.29) is 12.3 Å². The second kappa shape index (κ2) is 4.28. The number of carbonyl (C=O) groups excluding carboxylic acids is 1. The number of nitrogens with one attached hydrogen (secondary N) is 1. The maximum atomic E-state index is 12.1. The minimum absolute atomic E-state index is 0.125. The highest BCUT2D eigenvalue weighted by Crippen LogP contribution is 2.15. The van der Waals surface area contributed by atoms with Crippen LogP contribution in [0.3, 0.4) is 0 Å². The molecule has 0 fully saturated rings. The SMILES string of the molecule is Cc1cc(N)n(C(=O)Cc2ccc3[nH]ccc3c2)n1. The maximum Gasteiger partial charge on any atom is 0.253 e. The predicted molar refractivity (Wildman–Crippen MR) is 74.0 cm³/mol. The highest BCUT2D eigenvalue weighted by atomic mass is 16.2. The molecule has 0 aliphatic carbocycles. The first kappa shape index (κ1) is 11.5. The minimum atomic E-state index is -0.125. The Balaban J connectivity index is 1.88. The van der Waals surface area contributed by atoms with E-state index in [0.29, 0.717) is 5.82 Å². The van der Waals surface area contributed by atoms with Gasteiger partial charge in [0.2, 0.25) is 0 Å². The van der Waals surface area contributed by atoms with Crippen molar-refractivity contribution in [3.63, 3.8) is 0 Å². The number of hydrogen-bond acceptors (Lipinski definition) is 3. The van der Waals surface area contributed by atoms with Gasteiger partial charge in [0.05, 0.1) is 12.1 Å². The first-order chi connectivity index (χ1) is 9.13. The van der Waals surface area contributed by atoms with E-state index in [0.717, 1.165) is 22.2 Å². The monoisotopic (exact) mass is 254 g/mol. The number of anilines is 1. The average Bonchev–Trinajstić information content (AvgIpc) is 2.94. The van der Waals surface area contributed by atoms with Gasteiger partial charge in [-0.15, -0.1) is 0 Å². The molecule has 0 spiro atoms. The van der Waals surface area contributed by atoms with Gasteiger partial charge in [-0.2, -0.15) is 9.78 Å². The van der Waals surface area contributed by atoms with E-state index in [2.05, 4.69) is 10.1 Å². The molecule has 96 valence electrons. The Kier molecular flexibility index (Phi) is 2.59. The Bertz CT molecular complexity index is 754. The second-order valence-corrected chi connectivity index (χ2v) is 4.59. The smallest absolute Gasteiger partial charge is 0.253 e. The summed E-state index contributed by atoms with van der Waals surface area (Å²) < 4.78 is 1.26. The van der Waals surface area contributed by atoms with Crippen LogP contribution in [-0.4, -0.2) is 20.7 Å². The minimum Gasteiger partial charge on any atom is -0.383 e. The van der Waals surface area contributed by atoms with Crippen LogP contribution in [0.5, 0.6) is 0 Å². The number of H-pyrrole nitrogens is 1. The molecule has 0 amide bonds. The zero-order valence-corrected chi connectivity index (χ0v) is 10.6. The van der Waals surface area contributed by atoms with E-state index in [9.17, 15) is 4.79 Å². The fourth-order valence-electron chi connectivity index (χ4n) is 2.18. The maximum absolute atomic E-state index is 12.1. The zero-order chi connectivity index (χ0) is 13.4. The van der Waals surface area contributed by atoms with Crippen molar-refractivity contribution in [2.45, 2.75) is 13.3 Å². The van der Waals surface area contributed by atoms with Gasteiger partial charge in [-0.05, 0) is 36.1 Å². The first-order valence-electron chi connectivity index (χ1n) is 6.05. The van der Waals surface area contributed by atoms with E-state index >= 15 is 0 Å². The zero-order valence-electron chi connectivity index (χ0n) is 10.6. The molecular weight excluding hydrogens is 240 g/mol. The number of nitrogen functional groups attached to an aromatic ring is 1. The molecule has 0 saturated heterocycles. The van der Waals surface area contributed by atoms with E-state index < -0.39 is 0 Å². The molecule has 0 atom stereocenters. The number of aryl methyl sites for hydroxylation is 1. The van der Waals surface area contributed by atoms with E-state index in [1.165, 1.54) is 4.68 Å². The largest absolute Gasteiger partial charge is 0.383 e. The van der Waals surface area contributed by atoms with Crippen molar-refractivity contribution < 1.29 is 4.79 Å². The van der Waals surface area contributed by atoms with Crippen LogP contribution in [0.25, 0.3) is 10.9 Å². The molecule has 3 aromatic rings. The molecule has 3 rings (SSSR count). The topological polar surface area (TPSA) is 76.7 Å². The molecule has 0 bridgehead atoms. The summed E-state index contributed by atoms with van der Waals surface area (Å²) in [5.41, 5.74) is 8.50. The normalized spacial score (nSPS) is 11.0. The molecule has 0 saturated carbocycles. The van der Waals surface area contributed by atoms with Gasteiger partial charge in [0.15, 0.2) is 0 Å². The van der Waals surface area contributed by atoms with Crippen LogP contribution >= 0.6 is 0 Å². The van der Waals surface area contributed by atoms with Gasteiger partial charge >= 0.3 is 0 Å². The molecule has 19 heavy (non-hydrogen) atoms. The summed E-state index contributed by atoms with van der Waals surface area (Å²) in [6.07, 6.45) is 2.16. The molecule has 5 heteroatoms. The standard InChI is InChI=1S/C14H14N4O/c1-9-6-13(15)18(17-9)14(19)8-10-2-3-12-11(7-10)4-5-16-12/h2-7,16H,8,15H2,1H3. The van der Waals surface area contributed by atoms with Gasteiger partial charge in [-0.1, -0.05) is 6.07 Å². The van der Waals surface area contributed by atoms with Crippen LogP contribution in [0.2, 0.25) is 0 Å². The van der Waals surface area contributed by atoms with Crippen molar-refractivity contribution >= 4 is 22.6 Å². The van der Waals surface area contributed by atoms with Crippen LogP contribution in [0.4, 0.5) is 5.82 Å². The number of fused-ring (bicyclic) bond motifs is 1. The summed E-state index contributed by atoms with van der Waals surface area (Å²) >= 11 is 0. The fraction of sp³-hybridized carbons (Fsp3) is 0.143. The van der Waals surface area contributed by atoms with Gasteiger partial charge in [-0.25, -0.2) is 0 Å². The number of hydrogen-bond donors (Lipinski definition) is 2. The predicted octanol–water partition coefficient (Wildman–Crippen LogP) is 2.14. The quantitative estimate of drug-likeness (QED) is 0.735. The van der Waals surface area contributed by atoms with Gasteiger partial charge in [-0.3, -0.25) is 4.79 Å². The third-order valence-electron chi connectivity index (χ3n) is 3.07. The average molecular weight is 254 g/mol. The summed E-state index contributed by atoms with van der Waals surface area (Å²) in [5.74, 6) is 0.255. The molecular formula is C14H14N4O. The fourth-order valence-corrected chi connectivity index (χ4v) is 2.18. The van der Waals surface area contributed by atoms with Gasteiger partial charge in [0, 0.05) is 17.8 Å². The van der Waals surface area contributed by atoms with Crippen molar-refractivity contribution in [3.05, 3.63) is 47.8 Å². The Hall–Kier alpha value is -2.56. The van der Waals surface area contributed by atoms with Crippen molar-refractivity contribution in [3.8, 4) is 0 Å². The van der Waals surface area contributed by atoms with Crippen molar-refractivity contribution in [1.82, 2.24) is 14.8 Å². The van der Waals surface area contributed by atoms with Crippen LogP contribution in [0.15, 0.2) is 36.5 Å². The Labute approximate surface area is 110 Å². The third kappa shape index (κ3) is 2.10. The number of aromatic amines is 1. The molecule has 2 heterocycles. The molecule has 1 aromatic carbocycles. The molecule has 2 aromatic heterocycles. The number of nitrogens with two attached hydrogens (primary N) is 1.